The van der Waals surface area contributed by atoms with E-state index < -0.39 is 17.8 Å². The minimum Gasteiger partial charge on any atom is -0.448 e. The number of hydrogen-bond donors (Lipinski definition) is 2. The molecule has 0 saturated carbocycles. The zero-order chi connectivity index (χ0) is 26.8. The highest BCUT2D eigenvalue weighted by Gasteiger charge is 2.30. The van der Waals surface area contributed by atoms with Gasteiger partial charge in [-0.15, -0.1) is 0 Å². The molecule has 1 saturated heterocycles. The lowest BCUT2D eigenvalue weighted by molar-refractivity contribution is 0.00705. The van der Waals surface area contributed by atoms with E-state index >= 15 is 0 Å². The molecule has 0 aromatic rings. The molecule has 1 atom stereocenters. The fourth-order valence-corrected chi connectivity index (χ4v) is 3.90. The Balaban J connectivity index is 2.60. The van der Waals surface area contributed by atoms with Crippen LogP contribution in [0.2, 0.25) is 0 Å². The second-order valence-electron chi connectivity index (χ2n) is 10.3. The van der Waals surface area contributed by atoms with Crippen LogP contribution in [0.1, 0.15) is 86.0 Å². The SMILES string of the molecule is CCCCNC(=O)OCCN(CCOC(=O)NCCCC)CCC1CCCCN1C(=O)OC(C)(C)C. The first-order valence-electron chi connectivity index (χ1n) is 13.7. The Morgan fingerprint density at radius 1 is 0.889 bits per heavy atom. The van der Waals surface area contributed by atoms with Gasteiger partial charge in [0.25, 0.3) is 0 Å². The molecule has 1 fully saturated rings. The van der Waals surface area contributed by atoms with Crippen LogP contribution in [0.5, 0.6) is 0 Å². The molecule has 2 N–H and O–H groups in total. The van der Waals surface area contributed by atoms with Crippen LogP contribution in [0.4, 0.5) is 14.4 Å². The summed E-state index contributed by atoms with van der Waals surface area (Å²) in [6, 6.07) is 0.0904. The Morgan fingerprint density at radius 2 is 1.44 bits per heavy atom. The highest BCUT2D eigenvalue weighted by molar-refractivity contribution is 5.68. The van der Waals surface area contributed by atoms with Gasteiger partial charge in [0.05, 0.1) is 0 Å². The van der Waals surface area contributed by atoms with E-state index in [9.17, 15) is 14.4 Å². The third-order valence-electron chi connectivity index (χ3n) is 5.91. The van der Waals surface area contributed by atoms with Gasteiger partial charge in [-0.25, -0.2) is 14.4 Å². The molecule has 0 aliphatic carbocycles. The van der Waals surface area contributed by atoms with Crippen molar-refractivity contribution in [1.82, 2.24) is 20.4 Å². The number of carbonyl (C=O) groups is 3. The van der Waals surface area contributed by atoms with Crippen molar-refractivity contribution in [3.63, 3.8) is 0 Å². The summed E-state index contributed by atoms with van der Waals surface area (Å²) in [5.74, 6) is 0. The molecule has 36 heavy (non-hydrogen) atoms. The highest BCUT2D eigenvalue weighted by atomic mass is 16.6. The van der Waals surface area contributed by atoms with Crippen LogP contribution in [0.25, 0.3) is 0 Å². The standard InChI is InChI=1S/C26H50N4O6/c1-6-8-14-27-23(31)34-20-18-29(19-21-35-24(32)28-15-9-7-2)17-13-22-12-10-11-16-30(22)25(33)36-26(3,4)5/h22H,6-21H2,1-5H3,(H,27,31)(H,28,32). The van der Waals surface area contributed by atoms with Crippen molar-refractivity contribution < 1.29 is 28.6 Å². The van der Waals surface area contributed by atoms with Crippen molar-refractivity contribution in [3.8, 4) is 0 Å². The number of unbranched alkanes of at least 4 members (excludes halogenated alkanes) is 2. The average molecular weight is 515 g/mol. The molecule has 0 bridgehead atoms. The number of rotatable bonds is 15. The Labute approximate surface area is 217 Å². The predicted octanol–water partition coefficient (Wildman–Crippen LogP) is 4.52. The van der Waals surface area contributed by atoms with E-state index in [1.54, 1.807) is 0 Å². The number of carbonyl (C=O) groups excluding carboxylic acids is 3. The van der Waals surface area contributed by atoms with Gasteiger partial charge < -0.3 is 29.7 Å². The molecular weight excluding hydrogens is 464 g/mol. The van der Waals surface area contributed by atoms with E-state index in [0.29, 0.717) is 39.3 Å². The number of alkyl carbamates (subject to hydrolysis) is 2. The maximum Gasteiger partial charge on any atom is 0.410 e. The van der Waals surface area contributed by atoms with Crippen molar-refractivity contribution in [2.75, 3.05) is 52.5 Å². The summed E-state index contributed by atoms with van der Waals surface area (Å²) in [4.78, 5) is 40.5. The van der Waals surface area contributed by atoms with Crippen LogP contribution in [0.3, 0.4) is 0 Å². The molecule has 10 nitrogen and oxygen atoms in total. The molecule has 1 aliphatic rings. The summed E-state index contributed by atoms with van der Waals surface area (Å²) in [7, 11) is 0. The van der Waals surface area contributed by atoms with E-state index in [0.717, 1.165) is 51.4 Å². The fraction of sp³-hybridized carbons (Fsp3) is 0.885. The summed E-state index contributed by atoms with van der Waals surface area (Å²) < 4.78 is 16.3. The van der Waals surface area contributed by atoms with Gasteiger partial charge in [-0.3, -0.25) is 4.90 Å². The molecule has 1 aliphatic heterocycles. The summed E-state index contributed by atoms with van der Waals surface area (Å²) in [6.45, 7) is 13.8. The monoisotopic (exact) mass is 514 g/mol. The largest absolute Gasteiger partial charge is 0.448 e. The van der Waals surface area contributed by atoms with Crippen molar-refractivity contribution in [2.45, 2.75) is 97.6 Å². The minimum atomic E-state index is -0.533. The molecule has 1 unspecified atom stereocenters. The second kappa shape index (κ2) is 18.1. The molecule has 3 amide bonds. The van der Waals surface area contributed by atoms with Crippen LogP contribution < -0.4 is 10.6 Å². The number of amides is 3. The number of ether oxygens (including phenoxy) is 3. The normalized spacial score (nSPS) is 15.9. The summed E-state index contributed by atoms with van der Waals surface area (Å²) >= 11 is 0. The van der Waals surface area contributed by atoms with E-state index in [-0.39, 0.29) is 25.3 Å². The van der Waals surface area contributed by atoms with Gasteiger partial charge in [0.2, 0.25) is 0 Å². The molecular formula is C26H50N4O6. The second-order valence-corrected chi connectivity index (χ2v) is 10.3. The van der Waals surface area contributed by atoms with Crippen LogP contribution in [0, 0.1) is 0 Å². The molecule has 0 aromatic carbocycles. The van der Waals surface area contributed by atoms with Gasteiger partial charge in [-0.1, -0.05) is 26.7 Å². The van der Waals surface area contributed by atoms with Gasteiger partial charge in [0.1, 0.15) is 18.8 Å². The fourth-order valence-electron chi connectivity index (χ4n) is 3.90. The zero-order valence-corrected chi connectivity index (χ0v) is 23.2. The Morgan fingerprint density at radius 3 is 1.94 bits per heavy atom. The zero-order valence-electron chi connectivity index (χ0n) is 23.2. The number of hydrogen-bond acceptors (Lipinski definition) is 7. The predicted molar refractivity (Wildman–Crippen MR) is 140 cm³/mol. The Hall–Kier alpha value is -2.23. The number of nitrogens with one attached hydrogen (secondary N) is 2. The first-order chi connectivity index (χ1) is 17.2. The van der Waals surface area contributed by atoms with E-state index in [4.69, 9.17) is 14.2 Å². The van der Waals surface area contributed by atoms with E-state index in [1.807, 2.05) is 25.7 Å². The molecule has 210 valence electrons. The number of nitrogens with zero attached hydrogens (tertiary/aromatic N) is 2. The first kappa shape index (κ1) is 31.8. The van der Waals surface area contributed by atoms with E-state index in [2.05, 4.69) is 29.4 Å². The van der Waals surface area contributed by atoms with Crippen LogP contribution >= 0.6 is 0 Å². The number of likely N-dealkylation sites (tertiary alicyclic amines) is 1. The lowest BCUT2D eigenvalue weighted by Crippen LogP contribution is -2.47. The van der Waals surface area contributed by atoms with Crippen molar-refractivity contribution >= 4 is 18.3 Å². The van der Waals surface area contributed by atoms with E-state index in [1.165, 1.54) is 0 Å². The smallest absolute Gasteiger partial charge is 0.410 e. The summed E-state index contributed by atoms with van der Waals surface area (Å²) in [5, 5.41) is 5.49. The van der Waals surface area contributed by atoms with Gasteiger partial charge in [-0.2, -0.15) is 0 Å². The third kappa shape index (κ3) is 15.0. The van der Waals surface area contributed by atoms with Gasteiger partial charge >= 0.3 is 18.3 Å². The third-order valence-corrected chi connectivity index (χ3v) is 5.91. The van der Waals surface area contributed by atoms with Crippen LogP contribution in [0.15, 0.2) is 0 Å². The van der Waals surface area contributed by atoms with Gasteiger partial charge in [-0.05, 0) is 59.3 Å². The van der Waals surface area contributed by atoms with Crippen LogP contribution in [-0.4, -0.2) is 92.2 Å². The average Bonchev–Trinajstić information content (AvgIpc) is 2.81. The molecule has 0 radical (unpaired) electrons. The topological polar surface area (TPSA) is 109 Å². The maximum atomic E-state index is 12.7. The quantitative estimate of drug-likeness (QED) is 0.244. The van der Waals surface area contributed by atoms with Gasteiger partial charge in [0.15, 0.2) is 0 Å². The van der Waals surface area contributed by atoms with Crippen molar-refractivity contribution in [3.05, 3.63) is 0 Å². The molecule has 1 heterocycles. The van der Waals surface area contributed by atoms with Gasteiger partial charge in [0, 0.05) is 45.3 Å². The lowest BCUT2D eigenvalue weighted by Gasteiger charge is -2.37. The lowest BCUT2D eigenvalue weighted by atomic mass is 9.99. The Bertz CT molecular complexity index is 612. The molecule has 1 rings (SSSR count). The first-order valence-corrected chi connectivity index (χ1v) is 13.7. The number of piperidine rings is 1. The molecule has 0 aromatic heterocycles. The van der Waals surface area contributed by atoms with Crippen molar-refractivity contribution in [1.29, 1.82) is 0 Å². The highest BCUT2D eigenvalue weighted by Crippen LogP contribution is 2.22. The summed E-state index contributed by atoms with van der Waals surface area (Å²) in [6.07, 6.45) is 6.47. The minimum absolute atomic E-state index is 0.0904. The van der Waals surface area contributed by atoms with Crippen molar-refractivity contribution in [2.24, 2.45) is 0 Å². The molecule has 10 heteroatoms. The van der Waals surface area contributed by atoms with Crippen LogP contribution in [-0.2, 0) is 14.2 Å². The maximum absolute atomic E-state index is 12.7. The summed E-state index contributed by atoms with van der Waals surface area (Å²) in [5.41, 5.74) is -0.533. The molecule has 0 spiro atoms. The Kier molecular flexibility index (Phi) is 16.0.